The molecule has 6 N–H and O–H groups in total. The zero-order valence-corrected chi connectivity index (χ0v) is 32.8. The second-order valence-corrected chi connectivity index (χ2v) is 18.2. The van der Waals surface area contributed by atoms with Crippen molar-refractivity contribution in [2.45, 2.75) is 126 Å². The Kier molecular flexibility index (Phi) is 10.1. The van der Waals surface area contributed by atoms with Crippen LogP contribution in [-0.2, 0) is 0 Å². The van der Waals surface area contributed by atoms with E-state index in [0.717, 1.165) is 42.5 Å². The minimum Gasteiger partial charge on any atom is -0.508 e. The summed E-state index contributed by atoms with van der Waals surface area (Å²) in [7, 11) is 0. The molecule has 8 nitrogen and oxygen atoms in total. The number of phenolic OH excluding ortho intramolecular Hbond substituents is 4. The lowest BCUT2D eigenvalue weighted by Gasteiger charge is -2.62. The summed E-state index contributed by atoms with van der Waals surface area (Å²) in [6.45, 7) is 19.6. The first kappa shape index (κ1) is 38.8. The van der Waals surface area contributed by atoms with E-state index in [1.165, 1.54) is 69.4 Å². The zero-order valence-electron chi connectivity index (χ0n) is 32.8. The van der Waals surface area contributed by atoms with Crippen molar-refractivity contribution in [1.82, 2.24) is 0 Å². The number of aliphatic hydroxyl groups excluding tert-OH is 1. The van der Waals surface area contributed by atoms with Crippen LogP contribution in [0.2, 0.25) is 0 Å². The molecular weight excluding hydrogens is 668 g/mol. The number of fused-ring (bicyclic) bond motifs is 5. The highest BCUT2D eigenvalue weighted by atomic mass is 16.4. The van der Waals surface area contributed by atoms with Crippen molar-refractivity contribution in [3.05, 3.63) is 63.4 Å². The summed E-state index contributed by atoms with van der Waals surface area (Å²) in [5.41, 5.74) is 5.52. The molecule has 0 amide bonds. The maximum atomic E-state index is 12.1. The molecule has 0 spiro atoms. The van der Waals surface area contributed by atoms with Gasteiger partial charge in [0.15, 0.2) is 17.3 Å². The summed E-state index contributed by atoms with van der Waals surface area (Å²) >= 11 is 0. The minimum absolute atomic E-state index is 0.0465. The van der Waals surface area contributed by atoms with Gasteiger partial charge >= 0.3 is 0 Å². The maximum absolute atomic E-state index is 12.1. The second kappa shape index (κ2) is 13.7. The minimum atomic E-state index is -0.888. The highest BCUT2D eigenvalue weighted by Crippen LogP contribution is 2.72. The lowest BCUT2D eigenvalue weighted by atomic mass is 9.43. The van der Waals surface area contributed by atoms with Gasteiger partial charge in [0.05, 0.1) is 6.10 Å². The molecule has 7 rings (SSSR count). The number of benzene rings is 2. The van der Waals surface area contributed by atoms with E-state index in [0.29, 0.717) is 22.2 Å². The molecule has 4 aliphatic carbocycles. The Balaban J connectivity index is 0.000000192. The number of hydrogen-bond acceptors (Lipinski definition) is 8. The van der Waals surface area contributed by atoms with Gasteiger partial charge in [-0.2, -0.15) is 0 Å². The highest BCUT2D eigenvalue weighted by Gasteiger charge is 2.63. The Morgan fingerprint density at radius 2 is 1.58 bits per heavy atom. The van der Waals surface area contributed by atoms with Crippen LogP contribution in [0.5, 0.6) is 28.7 Å². The Hall–Kier alpha value is -3.91. The van der Waals surface area contributed by atoms with Gasteiger partial charge in [0.2, 0.25) is 11.2 Å². The molecule has 0 bridgehead atoms. The first-order valence-electron chi connectivity index (χ1n) is 19.5. The Bertz CT molecular complexity index is 2020. The van der Waals surface area contributed by atoms with Crippen molar-refractivity contribution in [3.63, 3.8) is 0 Å². The van der Waals surface area contributed by atoms with E-state index in [1.807, 2.05) is 11.1 Å². The van der Waals surface area contributed by atoms with Gasteiger partial charge in [-0.15, -0.1) is 0 Å². The smallest absolute Gasteiger partial charge is 0.238 e. The third-order valence-electron chi connectivity index (χ3n) is 14.8. The summed E-state index contributed by atoms with van der Waals surface area (Å²) in [6.07, 6.45) is 15.2. The number of aliphatic hydroxyl groups is 1. The molecule has 288 valence electrons. The number of allylic oxidation sites excluding steroid dienone is 4. The molecule has 2 saturated carbocycles. The molecule has 4 aliphatic rings. The average molecular weight is 729 g/mol. The largest absolute Gasteiger partial charge is 0.508 e. The summed E-state index contributed by atoms with van der Waals surface area (Å²) in [5, 5.41) is 58.4. The van der Waals surface area contributed by atoms with E-state index < -0.39 is 22.7 Å². The molecule has 8 heteroatoms. The van der Waals surface area contributed by atoms with Gasteiger partial charge in [-0.1, -0.05) is 64.3 Å². The molecule has 0 radical (unpaired) electrons. The summed E-state index contributed by atoms with van der Waals surface area (Å²) in [6, 6.07) is 5.64. The maximum Gasteiger partial charge on any atom is 0.238 e. The molecule has 1 heterocycles. The molecule has 1 aromatic heterocycles. The molecule has 3 aromatic rings. The first-order valence-corrected chi connectivity index (χ1v) is 19.5. The normalized spacial score (nSPS) is 30.8. The van der Waals surface area contributed by atoms with Crippen molar-refractivity contribution in [2.75, 3.05) is 0 Å². The third-order valence-corrected chi connectivity index (χ3v) is 14.8. The van der Waals surface area contributed by atoms with Crippen molar-refractivity contribution >= 4 is 11.0 Å². The Labute approximate surface area is 313 Å². The van der Waals surface area contributed by atoms with Crippen LogP contribution in [0.1, 0.15) is 120 Å². The predicted molar refractivity (Wildman–Crippen MR) is 209 cm³/mol. The number of aromatic hydroxyl groups is 5. The van der Waals surface area contributed by atoms with Crippen LogP contribution in [0.4, 0.5) is 0 Å². The van der Waals surface area contributed by atoms with Crippen LogP contribution in [0, 0.1) is 39.4 Å². The fourth-order valence-corrected chi connectivity index (χ4v) is 11.6. The summed E-state index contributed by atoms with van der Waals surface area (Å²) in [4.78, 5) is 12.1. The van der Waals surface area contributed by atoms with E-state index in [9.17, 15) is 35.4 Å². The molecule has 2 aromatic carbocycles. The van der Waals surface area contributed by atoms with Crippen LogP contribution in [0.15, 0.2) is 62.3 Å². The van der Waals surface area contributed by atoms with Crippen LogP contribution in [0.25, 0.3) is 22.3 Å². The second-order valence-electron chi connectivity index (χ2n) is 18.2. The molecular formula is C45H60O8. The van der Waals surface area contributed by atoms with Gasteiger partial charge in [-0.25, -0.2) is 0 Å². The molecule has 53 heavy (non-hydrogen) atoms. The van der Waals surface area contributed by atoms with Crippen molar-refractivity contribution in [2.24, 2.45) is 39.4 Å². The quantitative estimate of drug-likeness (QED) is 0.112. The van der Waals surface area contributed by atoms with E-state index in [4.69, 9.17) is 4.42 Å². The van der Waals surface area contributed by atoms with Crippen LogP contribution < -0.4 is 5.43 Å². The Morgan fingerprint density at radius 1 is 0.868 bits per heavy atom. The fourth-order valence-electron chi connectivity index (χ4n) is 11.6. The topological polar surface area (TPSA) is 152 Å². The highest BCUT2D eigenvalue weighted by molar-refractivity contribution is 5.88. The number of hydrogen-bond donors (Lipinski definition) is 6. The molecule has 0 aliphatic heterocycles. The van der Waals surface area contributed by atoms with Crippen LogP contribution in [-0.4, -0.2) is 36.7 Å². The summed E-state index contributed by atoms with van der Waals surface area (Å²) in [5.74, 6) is -0.392. The standard InChI is InChI=1S/C30H50O.C15H10O7/c1-20(2)10-9-11-21(3)22-14-18-30(8)24-12-13-25-27(4,5)26(31)16-17-28(25,6)23(24)15-19-29(22,30)7;16-7-4-10(19)12-11(5-7)22-15(14(21)13(12)20)6-1-2-8(17)9(18)3-6/h10,21-22,25-26,31H,9,11-19H2,1-8H3;1-5,16-19,21H. The lowest BCUT2D eigenvalue weighted by molar-refractivity contribution is -0.0962. The van der Waals surface area contributed by atoms with Gasteiger partial charge in [0.1, 0.15) is 22.5 Å². The lowest BCUT2D eigenvalue weighted by Crippen LogP contribution is -2.55. The van der Waals surface area contributed by atoms with E-state index in [-0.39, 0.29) is 45.3 Å². The van der Waals surface area contributed by atoms with Gasteiger partial charge < -0.3 is 35.1 Å². The SMILES string of the molecule is CC(C)=CCCC(C)C1CCC2(C)C3=C(CCC12C)C1(C)CCC(O)C(C)(C)C1CC3.O=c1c(O)c(-c2ccc(O)c(O)c2)oc2cc(O)cc(O)c12. The van der Waals surface area contributed by atoms with E-state index in [2.05, 4.69) is 61.5 Å². The van der Waals surface area contributed by atoms with Crippen LogP contribution >= 0.6 is 0 Å². The molecule has 2 fully saturated rings. The van der Waals surface area contributed by atoms with Crippen molar-refractivity contribution < 1.29 is 35.1 Å². The summed E-state index contributed by atoms with van der Waals surface area (Å²) < 4.78 is 5.35. The average Bonchev–Trinajstić information content (AvgIpc) is 3.37. The molecule has 7 unspecified atom stereocenters. The fraction of sp³-hybridized carbons (Fsp3) is 0.578. The van der Waals surface area contributed by atoms with Crippen molar-refractivity contribution in [3.8, 4) is 40.1 Å². The molecule has 0 saturated heterocycles. The number of phenols is 4. The Morgan fingerprint density at radius 3 is 2.26 bits per heavy atom. The van der Waals surface area contributed by atoms with Gasteiger partial charge in [0.25, 0.3) is 0 Å². The predicted octanol–water partition coefficient (Wildman–Crippen LogP) is 10.5. The third kappa shape index (κ3) is 6.32. The monoisotopic (exact) mass is 728 g/mol. The van der Waals surface area contributed by atoms with Gasteiger partial charge in [0, 0.05) is 17.7 Å². The molecule has 7 atom stereocenters. The van der Waals surface area contributed by atoms with Crippen molar-refractivity contribution in [1.29, 1.82) is 0 Å². The van der Waals surface area contributed by atoms with Gasteiger partial charge in [-0.3, -0.25) is 4.79 Å². The van der Waals surface area contributed by atoms with Gasteiger partial charge in [-0.05, 0) is 136 Å². The van der Waals surface area contributed by atoms with E-state index in [1.54, 1.807) is 0 Å². The van der Waals surface area contributed by atoms with Crippen LogP contribution in [0.3, 0.4) is 0 Å². The number of rotatable bonds is 5. The zero-order chi connectivity index (χ0) is 38.8. The van der Waals surface area contributed by atoms with E-state index >= 15 is 0 Å². The first-order chi connectivity index (χ1) is 24.8.